The molecule has 62 heavy (non-hydrogen) atoms. The van der Waals surface area contributed by atoms with Crippen molar-refractivity contribution in [2.45, 2.75) is 0 Å². The van der Waals surface area contributed by atoms with E-state index in [9.17, 15) is 0 Å². The molecule has 0 bridgehead atoms. The number of rotatable bonds is 7. The van der Waals surface area contributed by atoms with E-state index in [1.807, 2.05) is 0 Å². The summed E-state index contributed by atoms with van der Waals surface area (Å²) in [5.74, 6) is 3.14. The minimum absolute atomic E-state index is 0.778. The van der Waals surface area contributed by atoms with Crippen molar-refractivity contribution >= 4 is 43.1 Å². The fourth-order valence-electron chi connectivity index (χ4n) is 8.72. The first-order valence-electron chi connectivity index (χ1n) is 20.8. The van der Waals surface area contributed by atoms with Gasteiger partial charge in [0, 0.05) is 33.6 Å². The van der Waals surface area contributed by atoms with Crippen LogP contribution < -0.4 is 0 Å². The summed E-state index contributed by atoms with van der Waals surface area (Å²) >= 11 is 0. The molecule has 0 atom stereocenters. The van der Waals surface area contributed by atoms with Crippen molar-refractivity contribution in [2.75, 3.05) is 0 Å². The Morgan fingerprint density at radius 3 is 0.823 bits per heavy atom. The molecule has 10 aromatic carbocycles. The molecular formula is C56H36N6. The molecule has 0 radical (unpaired) electrons. The molecule has 0 amide bonds. The van der Waals surface area contributed by atoms with Crippen molar-refractivity contribution in [3.63, 3.8) is 0 Å². The first kappa shape index (κ1) is 35.5. The number of aromatic nitrogens is 6. The van der Waals surface area contributed by atoms with Crippen molar-refractivity contribution in [2.24, 2.45) is 0 Å². The highest BCUT2D eigenvalue weighted by atomic mass is 15.3. The van der Waals surface area contributed by atoms with E-state index in [-0.39, 0.29) is 0 Å². The van der Waals surface area contributed by atoms with Gasteiger partial charge in [-0.05, 0) is 90.6 Å². The molecule has 0 aliphatic rings. The Morgan fingerprint density at radius 2 is 0.468 bits per heavy atom. The Kier molecular flexibility index (Phi) is 8.38. The smallest absolute Gasteiger partial charge is 0.168 e. The van der Waals surface area contributed by atoms with Crippen LogP contribution in [0.4, 0.5) is 0 Å². The van der Waals surface area contributed by atoms with E-state index in [4.69, 9.17) is 20.4 Å². The lowest BCUT2D eigenvalue weighted by atomic mass is 10.0. The van der Waals surface area contributed by atoms with Crippen molar-refractivity contribution in [1.82, 2.24) is 29.5 Å². The molecule has 6 nitrogen and oxygen atoms in total. The molecule has 12 aromatic rings. The van der Waals surface area contributed by atoms with Crippen LogP contribution in [0.5, 0.6) is 0 Å². The molecule has 2 heterocycles. The van der Waals surface area contributed by atoms with Gasteiger partial charge in [0.25, 0.3) is 0 Å². The Labute approximate surface area is 357 Å². The Balaban J connectivity index is 0.911. The summed E-state index contributed by atoms with van der Waals surface area (Å²) in [6, 6.07) is 77.0. The monoisotopic (exact) mass is 792 g/mol. The van der Waals surface area contributed by atoms with E-state index in [0.717, 1.165) is 89.6 Å². The molecule has 0 N–H and O–H groups in total. The molecular weight excluding hydrogens is 757 g/mol. The number of benzene rings is 10. The second-order valence-corrected chi connectivity index (χ2v) is 15.7. The third-order valence-corrected chi connectivity index (χ3v) is 11.9. The summed E-state index contributed by atoms with van der Waals surface area (Å²) in [5.41, 5.74) is 8.17. The fraction of sp³-hybridized carbons (Fsp3) is 0. The first-order chi connectivity index (χ1) is 30.7. The van der Waals surface area contributed by atoms with Crippen LogP contribution in [0.25, 0.3) is 111 Å². The lowest BCUT2D eigenvalue weighted by Gasteiger charge is -2.13. The maximum absolute atomic E-state index is 4.83. The summed E-state index contributed by atoms with van der Waals surface area (Å²) in [5, 5.41) is 28.7. The molecule has 0 aliphatic heterocycles. The average Bonchev–Trinajstić information content (AvgIpc) is 4.00. The topological polar surface area (TPSA) is 61.4 Å². The summed E-state index contributed by atoms with van der Waals surface area (Å²) in [6.07, 6.45) is 0. The van der Waals surface area contributed by atoms with Gasteiger partial charge in [0.1, 0.15) is 0 Å². The molecule has 12 rings (SSSR count). The normalized spacial score (nSPS) is 11.5. The van der Waals surface area contributed by atoms with Crippen LogP contribution >= 0.6 is 0 Å². The van der Waals surface area contributed by atoms with Gasteiger partial charge in [-0.2, -0.15) is 0 Å². The van der Waals surface area contributed by atoms with Gasteiger partial charge in [-0.1, -0.05) is 182 Å². The molecule has 0 aliphatic carbocycles. The van der Waals surface area contributed by atoms with Gasteiger partial charge in [-0.3, -0.25) is 9.13 Å². The minimum Gasteiger partial charge on any atom is -0.275 e. The van der Waals surface area contributed by atoms with Crippen LogP contribution in [0.15, 0.2) is 218 Å². The zero-order chi connectivity index (χ0) is 41.0. The summed E-state index contributed by atoms with van der Waals surface area (Å²) in [7, 11) is 0. The summed E-state index contributed by atoms with van der Waals surface area (Å²) in [6.45, 7) is 0. The molecule has 0 fully saturated rings. The van der Waals surface area contributed by atoms with Crippen LogP contribution in [0, 0.1) is 0 Å². The minimum atomic E-state index is 0.778. The average molecular weight is 793 g/mol. The number of fused-ring (bicyclic) bond motifs is 4. The first-order valence-corrected chi connectivity index (χ1v) is 20.8. The standard InChI is InChI=1S/C56H36N6/c1-5-13-45-33-49(27-21-37(45)9-1)55-59-57-53(61(55)51-31-29-39-11-3-7-15-47(39)35-51)43-23-17-41(18-24-43)42-19-25-44(26-20-42)54-58-60-56(50-28-22-38-10-2-6-14-46(38)34-50)62(54)52-32-30-40-12-4-8-16-48(40)36-52/h1-36H. The van der Waals surface area contributed by atoms with E-state index in [0.29, 0.717) is 0 Å². The van der Waals surface area contributed by atoms with Crippen LogP contribution in [0.1, 0.15) is 0 Å². The quantitative estimate of drug-likeness (QED) is 0.161. The highest BCUT2D eigenvalue weighted by Gasteiger charge is 2.20. The Bertz CT molecular complexity index is 3390. The van der Waals surface area contributed by atoms with E-state index < -0.39 is 0 Å². The predicted octanol–water partition coefficient (Wildman–Crippen LogP) is 13.8. The Hall–Kier alpha value is -8.48. The highest BCUT2D eigenvalue weighted by Crippen LogP contribution is 2.35. The number of hydrogen-bond donors (Lipinski definition) is 0. The van der Waals surface area contributed by atoms with Gasteiger partial charge in [0.2, 0.25) is 0 Å². The number of nitrogens with zero attached hydrogens (tertiary/aromatic N) is 6. The Morgan fingerprint density at radius 1 is 0.210 bits per heavy atom. The van der Waals surface area contributed by atoms with Gasteiger partial charge in [0.05, 0.1) is 0 Å². The summed E-state index contributed by atoms with van der Waals surface area (Å²) < 4.78 is 4.36. The third kappa shape index (κ3) is 6.21. The molecule has 0 saturated heterocycles. The second kappa shape index (κ2) is 14.7. The molecule has 0 unspecified atom stereocenters. The van der Waals surface area contributed by atoms with Crippen molar-refractivity contribution in [3.8, 4) is 68.1 Å². The zero-order valence-electron chi connectivity index (χ0n) is 33.5. The van der Waals surface area contributed by atoms with Gasteiger partial charge >= 0.3 is 0 Å². The van der Waals surface area contributed by atoms with E-state index in [2.05, 4.69) is 228 Å². The van der Waals surface area contributed by atoms with Gasteiger partial charge in [-0.25, -0.2) is 0 Å². The van der Waals surface area contributed by atoms with E-state index in [1.54, 1.807) is 0 Å². The van der Waals surface area contributed by atoms with Crippen LogP contribution in [0.2, 0.25) is 0 Å². The van der Waals surface area contributed by atoms with E-state index in [1.165, 1.54) is 21.5 Å². The van der Waals surface area contributed by atoms with Crippen molar-refractivity contribution < 1.29 is 0 Å². The zero-order valence-corrected chi connectivity index (χ0v) is 33.5. The maximum atomic E-state index is 4.83. The molecule has 2 aromatic heterocycles. The largest absolute Gasteiger partial charge is 0.275 e. The molecule has 6 heteroatoms. The summed E-state index contributed by atoms with van der Waals surface area (Å²) in [4.78, 5) is 0. The lowest BCUT2D eigenvalue weighted by Crippen LogP contribution is -2.01. The SMILES string of the molecule is c1ccc2cc(-c3nnc(-c4ccc(-c5ccc(-c6nnc(-c7ccc8ccccc8c7)n6-c6ccc7ccccc7c6)cc5)cc4)n3-c3ccc4ccccc4c3)ccc2c1. The highest BCUT2D eigenvalue weighted by molar-refractivity contribution is 5.90. The van der Waals surface area contributed by atoms with E-state index >= 15 is 0 Å². The van der Waals surface area contributed by atoms with Crippen LogP contribution in [0.3, 0.4) is 0 Å². The van der Waals surface area contributed by atoms with Crippen molar-refractivity contribution in [3.05, 3.63) is 218 Å². The number of hydrogen-bond acceptors (Lipinski definition) is 4. The lowest BCUT2D eigenvalue weighted by molar-refractivity contribution is 1.08. The van der Waals surface area contributed by atoms with Gasteiger partial charge in [-0.15, -0.1) is 20.4 Å². The molecule has 290 valence electrons. The van der Waals surface area contributed by atoms with Crippen LogP contribution in [-0.4, -0.2) is 29.5 Å². The van der Waals surface area contributed by atoms with Crippen LogP contribution in [-0.2, 0) is 0 Å². The van der Waals surface area contributed by atoms with Crippen molar-refractivity contribution in [1.29, 1.82) is 0 Å². The second-order valence-electron chi connectivity index (χ2n) is 15.7. The van der Waals surface area contributed by atoms with Gasteiger partial charge < -0.3 is 0 Å². The maximum Gasteiger partial charge on any atom is 0.168 e. The predicted molar refractivity (Wildman–Crippen MR) is 253 cm³/mol. The van der Waals surface area contributed by atoms with Gasteiger partial charge in [0.15, 0.2) is 23.3 Å². The molecule has 0 saturated carbocycles. The molecule has 0 spiro atoms. The fourth-order valence-corrected chi connectivity index (χ4v) is 8.72. The third-order valence-electron chi connectivity index (χ3n) is 11.9.